The number of piperidine rings is 1. The minimum absolute atomic E-state index is 0.0854. The molecule has 0 spiro atoms. The molecule has 1 aromatic rings. The van der Waals surface area contributed by atoms with E-state index < -0.39 is 0 Å². The van der Waals surface area contributed by atoms with Crippen LogP contribution in [0.2, 0.25) is 0 Å². The summed E-state index contributed by atoms with van der Waals surface area (Å²) in [6.07, 6.45) is 2.76. The van der Waals surface area contributed by atoms with Crippen LogP contribution in [0, 0.1) is 0 Å². The highest BCUT2D eigenvalue weighted by Gasteiger charge is 2.16. The maximum absolute atomic E-state index is 9.42. The molecular weight excluding hydrogens is 294 g/mol. The fraction of sp³-hybridized carbons (Fsp3) is 0.571. The zero-order valence-electron chi connectivity index (χ0n) is 10.5. The van der Waals surface area contributed by atoms with Crippen LogP contribution in [-0.2, 0) is 0 Å². The second-order valence-corrected chi connectivity index (χ2v) is 5.56. The first-order chi connectivity index (χ1) is 8.75. The van der Waals surface area contributed by atoms with E-state index in [1.165, 1.54) is 0 Å². The molecule has 1 aliphatic rings. The number of hydrogen-bond donors (Lipinski definition) is 1. The molecule has 100 valence electrons. The van der Waals surface area contributed by atoms with E-state index in [9.17, 15) is 5.11 Å². The Kier molecular flexibility index (Phi) is 5.47. The Morgan fingerprint density at radius 1 is 1.28 bits per heavy atom. The standard InChI is InChI=1S/C14H20BrNO2/c15-13-4-1-2-5-14(13)18-11-3-8-16-9-6-12(17)7-10-16/h1-2,4-5,12,17H,3,6-11H2. The summed E-state index contributed by atoms with van der Waals surface area (Å²) in [5.74, 6) is 0.909. The number of aliphatic hydroxyl groups excluding tert-OH is 1. The first-order valence-electron chi connectivity index (χ1n) is 6.53. The Morgan fingerprint density at radius 2 is 2.00 bits per heavy atom. The molecule has 0 aromatic heterocycles. The lowest BCUT2D eigenvalue weighted by Gasteiger charge is -2.29. The third kappa shape index (κ3) is 4.26. The zero-order valence-corrected chi connectivity index (χ0v) is 12.1. The second-order valence-electron chi connectivity index (χ2n) is 4.71. The van der Waals surface area contributed by atoms with Crippen LogP contribution in [0.25, 0.3) is 0 Å². The molecule has 1 aliphatic heterocycles. The third-order valence-corrected chi connectivity index (χ3v) is 3.93. The minimum Gasteiger partial charge on any atom is -0.492 e. The number of halogens is 1. The summed E-state index contributed by atoms with van der Waals surface area (Å²) < 4.78 is 6.73. The zero-order chi connectivity index (χ0) is 12.8. The summed E-state index contributed by atoms with van der Waals surface area (Å²) in [6.45, 7) is 3.81. The maximum atomic E-state index is 9.42. The van der Waals surface area contributed by atoms with Crippen LogP contribution in [0.15, 0.2) is 28.7 Å². The van der Waals surface area contributed by atoms with Gasteiger partial charge in [-0.05, 0) is 47.3 Å². The number of para-hydroxylation sites is 1. The van der Waals surface area contributed by atoms with Gasteiger partial charge < -0.3 is 14.7 Å². The molecule has 3 nitrogen and oxygen atoms in total. The largest absolute Gasteiger partial charge is 0.492 e. The highest BCUT2D eigenvalue weighted by molar-refractivity contribution is 9.10. The van der Waals surface area contributed by atoms with E-state index >= 15 is 0 Å². The lowest BCUT2D eigenvalue weighted by atomic mass is 10.1. The molecule has 0 radical (unpaired) electrons. The van der Waals surface area contributed by atoms with Gasteiger partial charge in [0.15, 0.2) is 0 Å². The number of hydrogen-bond acceptors (Lipinski definition) is 3. The van der Waals surface area contributed by atoms with E-state index in [-0.39, 0.29) is 6.10 Å². The molecule has 0 unspecified atom stereocenters. The second kappa shape index (κ2) is 7.12. The van der Waals surface area contributed by atoms with Gasteiger partial charge in [-0.3, -0.25) is 0 Å². The monoisotopic (exact) mass is 313 g/mol. The molecule has 0 atom stereocenters. The van der Waals surface area contributed by atoms with Crippen LogP contribution in [0.4, 0.5) is 0 Å². The molecular formula is C14H20BrNO2. The van der Waals surface area contributed by atoms with Gasteiger partial charge in [-0.1, -0.05) is 12.1 Å². The third-order valence-electron chi connectivity index (χ3n) is 3.27. The molecule has 1 saturated heterocycles. The van der Waals surface area contributed by atoms with Crippen molar-refractivity contribution in [2.75, 3.05) is 26.2 Å². The van der Waals surface area contributed by atoms with Gasteiger partial charge in [0, 0.05) is 19.6 Å². The van der Waals surface area contributed by atoms with Crippen molar-refractivity contribution < 1.29 is 9.84 Å². The summed E-state index contributed by atoms with van der Waals surface area (Å²) in [6, 6.07) is 7.92. The van der Waals surface area contributed by atoms with Crippen LogP contribution in [0.3, 0.4) is 0 Å². The van der Waals surface area contributed by atoms with Crippen LogP contribution in [-0.4, -0.2) is 42.4 Å². The lowest BCUT2D eigenvalue weighted by molar-refractivity contribution is 0.0800. The molecule has 1 heterocycles. The first-order valence-corrected chi connectivity index (χ1v) is 7.33. The highest BCUT2D eigenvalue weighted by Crippen LogP contribution is 2.23. The maximum Gasteiger partial charge on any atom is 0.133 e. The summed E-state index contributed by atoms with van der Waals surface area (Å²) in [5, 5.41) is 9.42. The van der Waals surface area contributed by atoms with Gasteiger partial charge in [0.25, 0.3) is 0 Å². The van der Waals surface area contributed by atoms with E-state index in [2.05, 4.69) is 20.8 Å². The van der Waals surface area contributed by atoms with Crippen LogP contribution in [0.1, 0.15) is 19.3 Å². The molecule has 4 heteroatoms. The smallest absolute Gasteiger partial charge is 0.133 e. The van der Waals surface area contributed by atoms with Gasteiger partial charge in [-0.25, -0.2) is 0 Å². The Labute approximate surface area is 117 Å². The number of aliphatic hydroxyl groups is 1. The van der Waals surface area contributed by atoms with E-state index in [4.69, 9.17) is 4.74 Å². The van der Waals surface area contributed by atoms with Crippen molar-refractivity contribution >= 4 is 15.9 Å². The van der Waals surface area contributed by atoms with Crippen LogP contribution >= 0.6 is 15.9 Å². The minimum atomic E-state index is -0.0854. The molecule has 18 heavy (non-hydrogen) atoms. The van der Waals surface area contributed by atoms with Crippen molar-refractivity contribution in [1.82, 2.24) is 4.90 Å². The average molecular weight is 314 g/mol. The van der Waals surface area contributed by atoms with Crippen LogP contribution < -0.4 is 4.74 Å². The predicted octanol–water partition coefficient (Wildman–Crippen LogP) is 2.67. The number of likely N-dealkylation sites (tertiary alicyclic amines) is 1. The molecule has 0 bridgehead atoms. The highest BCUT2D eigenvalue weighted by atomic mass is 79.9. The molecule has 1 fully saturated rings. The molecule has 1 aromatic carbocycles. The van der Waals surface area contributed by atoms with Crippen molar-refractivity contribution in [3.63, 3.8) is 0 Å². The molecule has 0 amide bonds. The summed E-state index contributed by atoms with van der Waals surface area (Å²) in [4.78, 5) is 2.40. The number of rotatable bonds is 5. The van der Waals surface area contributed by atoms with Crippen molar-refractivity contribution in [3.8, 4) is 5.75 Å². The van der Waals surface area contributed by atoms with Crippen molar-refractivity contribution in [1.29, 1.82) is 0 Å². The van der Waals surface area contributed by atoms with Gasteiger partial charge in [0.2, 0.25) is 0 Å². The molecule has 0 aliphatic carbocycles. The number of nitrogens with zero attached hydrogens (tertiary/aromatic N) is 1. The van der Waals surface area contributed by atoms with Crippen LogP contribution in [0.5, 0.6) is 5.75 Å². The van der Waals surface area contributed by atoms with Gasteiger partial charge in [-0.15, -0.1) is 0 Å². The number of benzene rings is 1. The lowest BCUT2D eigenvalue weighted by Crippen LogP contribution is -2.36. The Hall–Kier alpha value is -0.580. The van der Waals surface area contributed by atoms with E-state index in [0.29, 0.717) is 0 Å². The van der Waals surface area contributed by atoms with Crippen molar-refractivity contribution in [3.05, 3.63) is 28.7 Å². The predicted molar refractivity (Wildman–Crippen MR) is 75.9 cm³/mol. The molecule has 2 rings (SSSR count). The first kappa shape index (κ1) is 13.8. The summed E-state index contributed by atoms with van der Waals surface area (Å²) >= 11 is 3.47. The van der Waals surface area contributed by atoms with Gasteiger partial charge in [0.1, 0.15) is 5.75 Å². The fourth-order valence-corrected chi connectivity index (χ4v) is 2.57. The molecule has 1 N–H and O–H groups in total. The number of ether oxygens (including phenoxy) is 1. The topological polar surface area (TPSA) is 32.7 Å². The fourth-order valence-electron chi connectivity index (χ4n) is 2.18. The van der Waals surface area contributed by atoms with E-state index in [0.717, 1.165) is 55.7 Å². The molecule has 0 saturated carbocycles. The SMILES string of the molecule is OC1CCN(CCCOc2ccccc2Br)CC1. The summed E-state index contributed by atoms with van der Waals surface area (Å²) in [5.41, 5.74) is 0. The Morgan fingerprint density at radius 3 is 2.72 bits per heavy atom. The summed E-state index contributed by atoms with van der Waals surface area (Å²) in [7, 11) is 0. The van der Waals surface area contributed by atoms with E-state index in [1.54, 1.807) is 0 Å². The van der Waals surface area contributed by atoms with Gasteiger partial charge >= 0.3 is 0 Å². The normalized spacial score (nSPS) is 17.9. The van der Waals surface area contributed by atoms with E-state index in [1.807, 2.05) is 24.3 Å². The van der Waals surface area contributed by atoms with Crippen molar-refractivity contribution in [2.45, 2.75) is 25.4 Å². The quantitative estimate of drug-likeness (QED) is 0.848. The van der Waals surface area contributed by atoms with Crippen molar-refractivity contribution in [2.24, 2.45) is 0 Å². The average Bonchev–Trinajstić information content (AvgIpc) is 2.39. The van der Waals surface area contributed by atoms with Gasteiger partial charge in [-0.2, -0.15) is 0 Å². The Balaban J connectivity index is 1.63. The Bertz CT molecular complexity index is 365. The van der Waals surface area contributed by atoms with Gasteiger partial charge in [0.05, 0.1) is 17.2 Å².